The first-order valence-electron chi connectivity index (χ1n) is 8.99. The largest absolute Gasteiger partial charge is 0.352 e. The molecule has 0 aliphatic heterocycles. The minimum Gasteiger partial charge on any atom is -0.352 e. The quantitative estimate of drug-likeness (QED) is 0.637. The number of amides is 1. The van der Waals surface area contributed by atoms with Gasteiger partial charge in [0.15, 0.2) is 0 Å². The number of nitrogens with one attached hydrogen (secondary N) is 1. The second kappa shape index (κ2) is 9.63. The van der Waals surface area contributed by atoms with Gasteiger partial charge in [-0.3, -0.25) is 9.10 Å². The summed E-state index contributed by atoms with van der Waals surface area (Å²) in [6.45, 7) is 5.37. The van der Waals surface area contributed by atoms with Crippen LogP contribution in [0.2, 0.25) is 10.0 Å². The van der Waals surface area contributed by atoms with E-state index in [1.54, 1.807) is 18.2 Å². The van der Waals surface area contributed by atoms with Crippen LogP contribution in [0.25, 0.3) is 0 Å². The van der Waals surface area contributed by atoms with Gasteiger partial charge in [-0.1, -0.05) is 54.2 Å². The molecule has 0 saturated carbocycles. The van der Waals surface area contributed by atoms with Crippen LogP contribution in [0.4, 0.5) is 5.69 Å². The van der Waals surface area contributed by atoms with E-state index in [2.05, 4.69) is 5.32 Å². The Bertz CT molecular complexity index is 931. The standard InChI is InChI=1S/C20H24Cl2N2O3S/c1-4-5-15(3)23-20(25)13-24(19-12-16(21)8-11-18(19)22)28(26,27)17-9-6-14(2)7-10-17/h6-12,15H,4-5,13H2,1-3H3,(H,23,25)/t15-/m1/s1. The van der Waals surface area contributed by atoms with Gasteiger partial charge in [0.1, 0.15) is 6.54 Å². The molecule has 0 aromatic heterocycles. The molecule has 8 heteroatoms. The Kier molecular flexibility index (Phi) is 7.75. The molecule has 0 spiro atoms. The number of hydrogen-bond acceptors (Lipinski definition) is 3. The predicted octanol–water partition coefficient (Wildman–Crippen LogP) is 4.80. The highest BCUT2D eigenvalue weighted by Crippen LogP contribution is 2.33. The normalized spacial score (nSPS) is 12.5. The van der Waals surface area contributed by atoms with Crippen LogP contribution < -0.4 is 9.62 Å². The highest BCUT2D eigenvalue weighted by atomic mass is 35.5. The van der Waals surface area contributed by atoms with Gasteiger partial charge in [-0.05, 0) is 50.6 Å². The zero-order valence-electron chi connectivity index (χ0n) is 16.1. The topological polar surface area (TPSA) is 66.5 Å². The first-order chi connectivity index (χ1) is 13.1. The minimum atomic E-state index is -4.02. The van der Waals surface area contributed by atoms with Gasteiger partial charge in [0, 0.05) is 11.1 Å². The molecule has 28 heavy (non-hydrogen) atoms. The maximum Gasteiger partial charge on any atom is 0.264 e. The molecule has 0 aliphatic rings. The van der Waals surface area contributed by atoms with E-state index in [0.717, 1.165) is 22.7 Å². The summed E-state index contributed by atoms with van der Waals surface area (Å²) in [7, 11) is -4.02. The molecule has 0 aliphatic carbocycles. The first kappa shape index (κ1) is 22.5. The monoisotopic (exact) mass is 442 g/mol. The number of aryl methyl sites for hydroxylation is 1. The van der Waals surface area contributed by atoms with Gasteiger partial charge in [-0.2, -0.15) is 0 Å². The van der Waals surface area contributed by atoms with E-state index in [9.17, 15) is 13.2 Å². The second-order valence-corrected chi connectivity index (χ2v) is 9.38. The van der Waals surface area contributed by atoms with Crippen molar-refractivity contribution in [2.75, 3.05) is 10.8 Å². The molecule has 0 radical (unpaired) electrons. The van der Waals surface area contributed by atoms with Crippen molar-refractivity contribution in [3.05, 3.63) is 58.1 Å². The third-order valence-corrected chi connectivity index (χ3v) is 6.53. The molecule has 2 aromatic rings. The van der Waals surface area contributed by atoms with Crippen LogP contribution in [-0.2, 0) is 14.8 Å². The smallest absolute Gasteiger partial charge is 0.264 e. The van der Waals surface area contributed by atoms with Crippen molar-refractivity contribution in [1.29, 1.82) is 0 Å². The molecule has 1 atom stereocenters. The Hall–Kier alpha value is -1.76. The molecule has 0 fully saturated rings. The van der Waals surface area contributed by atoms with E-state index in [1.165, 1.54) is 24.3 Å². The van der Waals surface area contributed by atoms with E-state index < -0.39 is 22.5 Å². The summed E-state index contributed by atoms with van der Waals surface area (Å²) >= 11 is 12.3. The molecule has 2 aromatic carbocycles. The van der Waals surface area contributed by atoms with E-state index in [-0.39, 0.29) is 21.6 Å². The number of benzene rings is 2. The van der Waals surface area contributed by atoms with E-state index >= 15 is 0 Å². The molecule has 0 heterocycles. The second-order valence-electron chi connectivity index (χ2n) is 6.68. The summed E-state index contributed by atoms with van der Waals surface area (Å²) in [6.07, 6.45) is 1.71. The molecule has 1 N–H and O–H groups in total. The number of sulfonamides is 1. The number of anilines is 1. The number of hydrogen-bond donors (Lipinski definition) is 1. The maximum atomic E-state index is 13.3. The van der Waals surface area contributed by atoms with Crippen molar-refractivity contribution in [3.63, 3.8) is 0 Å². The third-order valence-electron chi connectivity index (χ3n) is 4.20. The van der Waals surface area contributed by atoms with Crippen molar-refractivity contribution < 1.29 is 13.2 Å². The lowest BCUT2D eigenvalue weighted by Gasteiger charge is -2.26. The lowest BCUT2D eigenvalue weighted by atomic mass is 10.2. The molecular weight excluding hydrogens is 419 g/mol. The zero-order valence-corrected chi connectivity index (χ0v) is 18.4. The van der Waals surface area contributed by atoms with E-state index in [0.29, 0.717) is 5.02 Å². The third kappa shape index (κ3) is 5.63. The lowest BCUT2D eigenvalue weighted by Crippen LogP contribution is -2.43. The average molecular weight is 443 g/mol. The van der Waals surface area contributed by atoms with E-state index in [4.69, 9.17) is 23.2 Å². The van der Waals surface area contributed by atoms with Gasteiger partial charge in [-0.15, -0.1) is 0 Å². The average Bonchev–Trinajstić information content (AvgIpc) is 2.62. The molecule has 152 valence electrons. The summed E-state index contributed by atoms with van der Waals surface area (Å²) in [6, 6.07) is 10.9. The van der Waals surface area contributed by atoms with Crippen molar-refractivity contribution in [3.8, 4) is 0 Å². The number of nitrogens with zero attached hydrogens (tertiary/aromatic N) is 1. The molecule has 1 amide bonds. The van der Waals surface area contributed by atoms with Crippen LogP contribution >= 0.6 is 23.2 Å². The number of rotatable bonds is 8. The minimum absolute atomic E-state index is 0.0590. The van der Waals surface area contributed by atoms with Crippen molar-refractivity contribution in [2.45, 2.75) is 44.6 Å². The Labute approximate surface area is 176 Å². The van der Waals surface area contributed by atoms with Gasteiger partial charge in [0.25, 0.3) is 10.0 Å². The van der Waals surface area contributed by atoms with Gasteiger partial charge in [0.05, 0.1) is 15.6 Å². The lowest BCUT2D eigenvalue weighted by molar-refractivity contribution is -0.120. The number of carbonyl (C=O) groups excluding carboxylic acids is 1. The number of carbonyl (C=O) groups is 1. The predicted molar refractivity (Wildman–Crippen MR) is 115 cm³/mol. The fourth-order valence-electron chi connectivity index (χ4n) is 2.77. The van der Waals surface area contributed by atoms with Crippen LogP contribution in [0.15, 0.2) is 47.4 Å². The maximum absolute atomic E-state index is 13.3. The summed E-state index contributed by atoms with van der Waals surface area (Å²) in [5.74, 6) is -0.410. The van der Waals surface area contributed by atoms with Crippen LogP contribution in [0.3, 0.4) is 0 Å². The van der Waals surface area contributed by atoms with E-state index in [1.807, 2.05) is 20.8 Å². The molecule has 2 rings (SSSR count). The Morgan fingerprint density at radius 2 is 1.79 bits per heavy atom. The molecule has 0 saturated heterocycles. The highest BCUT2D eigenvalue weighted by Gasteiger charge is 2.29. The molecule has 0 unspecified atom stereocenters. The fourth-order valence-corrected chi connectivity index (χ4v) is 4.64. The van der Waals surface area contributed by atoms with Crippen LogP contribution in [0.1, 0.15) is 32.3 Å². The number of halogens is 2. The Morgan fingerprint density at radius 3 is 2.39 bits per heavy atom. The summed E-state index contributed by atoms with van der Waals surface area (Å²) in [5, 5.41) is 3.34. The first-order valence-corrected chi connectivity index (χ1v) is 11.2. The van der Waals surface area contributed by atoms with Crippen LogP contribution in [0.5, 0.6) is 0 Å². The van der Waals surface area contributed by atoms with Gasteiger partial charge in [0.2, 0.25) is 5.91 Å². The zero-order chi connectivity index (χ0) is 20.9. The highest BCUT2D eigenvalue weighted by molar-refractivity contribution is 7.92. The molecule has 5 nitrogen and oxygen atoms in total. The van der Waals surface area contributed by atoms with Crippen molar-refractivity contribution in [2.24, 2.45) is 0 Å². The Morgan fingerprint density at radius 1 is 1.14 bits per heavy atom. The van der Waals surface area contributed by atoms with Crippen LogP contribution in [-0.4, -0.2) is 26.9 Å². The van der Waals surface area contributed by atoms with Gasteiger partial charge in [-0.25, -0.2) is 8.42 Å². The van der Waals surface area contributed by atoms with Crippen molar-refractivity contribution in [1.82, 2.24) is 5.32 Å². The summed E-state index contributed by atoms with van der Waals surface area (Å²) in [5.41, 5.74) is 1.09. The molecular formula is C20H24Cl2N2O3S. The van der Waals surface area contributed by atoms with Gasteiger partial charge >= 0.3 is 0 Å². The summed E-state index contributed by atoms with van der Waals surface area (Å²) < 4.78 is 27.6. The van der Waals surface area contributed by atoms with Crippen LogP contribution in [0, 0.1) is 6.92 Å². The van der Waals surface area contributed by atoms with Gasteiger partial charge < -0.3 is 5.32 Å². The SMILES string of the molecule is CCC[C@@H](C)NC(=O)CN(c1cc(Cl)ccc1Cl)S(=O)(=O)c1ccc(C)cc1. The summed E-state index contributed by atoms with van der Waals surface area (Å²) in [4.78, 5) is 12.6. The Balaban J connectivity index is 2.45. The van der Waals surface area contributed by atoms with Crippen molar-refractivity contribution >= 4 is 44.8 Å². The molecule has 0 bridgehead atoms. The fraction of sp³-hybridized carbons (Fsp3) is 0.350.